The van der Waals surface area contributed by atoms with Gasteiger partial charge in [0, 0.05) is 23.8 Å². The SMILES string of the molecule is Cc1cc(Br)ccc1-n1cc2c(=O)[nH]c(N3CCS(=O)(=O)CC3)nc2n1. The molecule has 26 heavy (non-hydrogen) atoms. The van der Waals surface area contributed by atoms with Crippen molar-refractivity contribution in [2.45, 2.75) is 6.92 Å². The lowest BCUT2D eigenvalue weighted by atomic mass is 10.2. The summed E-state index contributed by atoms with van der Waals surface area (Å²) in [4.78, 5) is 21.4. The first-order chi connectivity index (χ1) is 12.3. The summed E-state index contributed by atoms with van der Waals surface area (Å²) in [6, 6.07) is 5.79. The molecule has 0 aliphatic carbocycles. The van der Waals surface area contributed by atoms with Gasteiger partial charge in [0.1, 0.15) is 5.39 Å². The number of hydrogen-bond acceptors (Lipinski definition) is 6. The van der Waals surface area contributed by atoms with Gasteiger partial charge in [-0.3, -0.25) is 9.78 Å². The first-order valence-corrected chi connectivity index (χ1v) is 10.7. The molecule has 1 N–H and O–H groups in total. The summed E-state index contributed by atoms with van der Waals surface area (Å²) < 4.78 is 25.8. The number of nitrogens with one attached hydrogen (secondary N) is 1. The number of fused-ring (bicyclic) bond motifs is 1. The molecule has 1 saturated heterocycles. The minimum Gasteiger partial charge on any atom is -0.340 e. The maximum atomic E-state index is 12.5. The van der Waals surface area contributed by atoms with Gasteiger partial charge in [-0.05, 0) is 30.7 Å². The maximum absolute atomic E-state index is 12.5. The van der Waals surface area contributed by atoms with Crippen molar-refractivity contribution in [3.05, 3.63) is 44.8 Å². The van der Waals surface area contributed by atoms with Gasteiger partial charge in [0.05, 0.1) is 17.2 Å². The third-order valence-electron chi connectivity index (χ3n) is 4.43. The van der Waals surface area contributed by atoms with Crippen molar-refractivity contribution >= 4 is 42.7 Å². The molecule has 3 heterocycles. The average Bonchev–Trinajstić information content (AvgIpc) is 2.99. The summed E-state index contributed by atoms with van der Waals surface area (Å²) in [5.41, 5.74) is 1.90. The highest BCUT2D eigenvalue weighted by molar-refractivity contribution is 9.10. The van der Waals surface area contributed by atoms with Crippen molar-refractivity contribution in [2.75, 3.05) is 29.5 Å². The molecule has 0 saturated carbocycles. The van der Waals surface area contributed by atoms with Crippen LogP contribution in [0.4, 0.5) is 5.95 Å². The van der Waals surface area contributed by atoms with Crippen molar-refractivity contribution in [2.24, 2.45) is 0 Å². The number of H-pyrrole nitrogens is 1. The van der Waals surface area contributed by atoms with E-state index in [2.05, 4.69) is 31.0 Å². The molecule has 0 amide bonds. The Balaban J connectivity index is 1.75. The van der Waals surface area contributed by atoms with Gasteiger partial charge in [0.15, 0.2) is 15.5 Å². The smallest absolute Gasteiger partial charge is 0.263 e. The number of aryl methyl sites for hydroxylation is 1. The van der Waals surface area contributed by atoms with Gasteiger partial charge in [0.25, 0.3) is 5.56 Å². The summed E-state index contributed by atoms with van der Waals surface area (Å²) in [6.45, 7) is 2.58. The zero-order chi connectivity index (χ0) is 18.5. The van der Waals surface area contributed by atoms with Crippen molar-refractivity contribution in [1.82, 2.24) is 19.7 Å². The molecule has 8 nitrogen and oxygen atoms in total. The van der Waals surface area contributed by atoms with Crippen LogP contribution < -0.4 is 10.5 Å². The van der Waals surface area contributed by atoms with Crippen molar-refractivity contribution in [3.8, 4) is 5.69 Å². The second kappa shape index (κ2) is 6.20. The largest absolute Gasteiger partial charge is 0.340 e. The number of benzene rings is 1. The van der Waals surface area contributed by atoms with E-state index in [1.165, 1.54) is 0 Å². The molecular formula is C16H16BrN5O3S. The number of aromatic amines is 1. The first-order valence-electron chi connectivity index (χ1n) is 8.04. The summed E-state index contributed by atoms with van der Waals surface area (Å²) in [5, 5.41) is 4.83. The molecule has 1 aliphatic rings. The molecule has 136 valence electrons. The van der Waals surface area contributed by atoms with Crippen molar-refractivity contribution in [3.63, 3.8) is 0 Å². The maximum Gasteiger partial charge on any atom is 0.263 e. The van der Waals surface area contributed by atoms with Gasteiger partial charge >= 0.3 is 0 Å². The molecule has 10 heteroatoms. The highest BCUT2D eigenvalue weighted by Crippen LogP contribution is 2.21. The third kappa shape index (κ3) is 3.14. The van der Waals surface area contributed by atoms with Gasteiger partial charge in [-0.25, -0.2) is 13.1 Å². The molecule has 1 aliphatic heterocycles. The van der Waals surface area contributed by atoms with Gasteiger partial charge in [-0.2, -0.15) is 4.98 Å². The molecule has 1 aromatic carbocycles. The Morgan fingerprint density at radius 2 is 1.96 bits per heavy atom. The Bertz CT molecular complexity index is 1150. The van der Waals surface area contributed by atoms with Crippen LogP contribution in [0.2, 0.25) is 0 Å². The van der Waals surface area contributed by atoms with Gasteiger partial charge in [-0.1, -0.05) is 15.9 Å². The number of hydrogen-bond donors (Lipinski definition) is 1. The molecule has 0 spiro atoms. The number of rotatable bonds is 2. The van der Waals surface area contributed by atoms with E-state index in [0.717, 1.165) is 15.7 Å². The van der Waals surface area contributed by atoms with Crippen LogP contribution >= 0.6 is 15.9 Å². The normalized spacial score (nSPS) is 16.9. The van der Waals surface area contributed by atoms with E-state index < -0.39 is 9.84 Å². The summed E-state index contributed by atoms with van der Waals surface area (Å²) >= 11 is 3.43. The lowest BCUT2D eigenvalue weighted by molar-refractivity contribution is 0.585. The van der Waals surface area contributed by atoms with Crippen molar-refractivity contribution in [1.29, 1.82) is 0 Å². The Kier molecular flexibility index (Phi) is 4.11. The van der Waals surface area contributed by atoms with Gasteiger partial charge in [0.2, 0.25) is 5.95 Å². The Labute approximate surface area is 157 Å². The van der Waals surface area contributed by atoms with Crippen LogP contribution in [0.25, 0.3) is 16.7 Å². The molecule has 3 aromatic rings. The van der Waals surface area contributed by atoms with E-state index >= 15 is 0 Å². The third-order valence-corrected chi connectivity index (χ3v) is 6.53. The van der Waals surface area contributed by atoms with Crippen LogP contribution in [0, 0.1) is 6.92 Å². The van der Waals surface area contributed by atoms with Crippen LogP contribution in [0.5, 0.6) is 0 Å². The minimum absolute atomic E-state index is 0.0568. The second-order valence-electron chi connectivity index (χ2n) is 6.27. The summed E-state index contributed by atoms with van der Waals surface area (Å²) in [5.74, 6) is 0.470. The van der Waals surface area contributed by atoms with Crippen molar-refractivity contribution < 1.29 is 8.42 Å². The first kappa shape index (κ1) is 17.2. The zero-order valence-electron chi connectivity index (χ0n) is 13.9. The lowest BCUT2D eigenvalue weighted by Crippen LogP contribution is -2.41. The Morgan fingerprint density at radius 1 is 1.23 bits per heavy atom. The zero-order valence-corrected chi connectivity index (χ0v) is 16.3. The average molecular weight is 438 g/mol. The van der Waals surface area contributed by atoms with Gasteiger partial charge < -0.3 is 4.90 Å². The monoisotopic (exact) mass is 437 g/mol. The number of aromatic nitrogens is 4. The Morgan fingerprint density at radius 3 is 2.65 bits per heavy atom. The fraction of sp³-hybridized carbons (Fsp3) is 0.312. The van der Waals surface area contributed by atoms with E-state index in [9.17, 15) is 13.2 Å². The number of halogens is 1. The topological polar surface area (TPSA) is 101 Å². The summed E-state index contributed by atoms with van der Waals surface area (Å²) in [7, 11) is -3.00. The number of anilines is 1. The van der Waals surface area contributed by atoms with E-state index in [1.54, 1.807) is 15.8 Å². The lowest BCUT2D eigenvalue weighted by Gasteiger charge is -2.26. The van der Waals surface area contributed by atoms with E-state index in [1.807, 2.05) is 25.1 Å². The number of sulfone groups is 1. The Hall–Kier alpha value is -2.20. The van der Waals surface area contributed by atoms with E-state index in [4.69, 9.17) is 0 Å². The molecule has 0 radical (unpaired) electrons. The molecule has 2 aromatic heterocycles. The van der Waals surface area contributed by atoms with Crippen LogP contribution in [-0.4, -0.2) is 52.8 Å². The standard InChI is InChI=1S/C16H16BrN5O3S/c1-10-8-11(17)2-3-13(10)22-9-12-14(20-22)18-16(19-15(12)23)21-4-6-26(24,25)7-5-21/h2-3,8-9H,4-7H2,1H3,(H,18,19,20,23). The molecule has 1 fully saturated rings. The van der Waals surface area contributed by atoms with Crippen LogP contribution in [0.3, 0.4) is 0 Å². The van der Waals surface area contributed by atoms with Gasteiger partial charge in [-0.15, -0.1) is 5.10 Å². The molecule has 0 unspecified atom stereocenters. The van der Waals surface area contributed by atoms with Crippen LogP contribution in [0.1, 0.15) is 5.56 Å². The fourth-order valence-electron chi connectivity index (χ4n) is 2.98. The van der Waals surface area contributed by atoms with E-state index in [-0.39, 0.29) is 17.1 Å². The molecular weight excluding hydrogens is 422 g/mol. The second-order valence-corrected chi connectivity index (χ2v) is 9.49. The summed E-state index contributed by atoms with van der Waals surface area (Å²) in [6.07, 6.45) is 1.65. The quantitative estimate of drug-likeness (QED) is 0.650. The molecule has 0 atom stereocenters. The number of nitrogens with zero attached hydrogens (tertiary/aromatic N) is 4. The van der Waals surface area contributed by atoms with Crippen LogP contribution in [-0.2, 0) is 9.84 Å². The van der Waals surface area contributed by atoms with E-state index in [0.29, 0.717) is 30.1 Å². The predicted molar refractivity (Wildman–Crippen MR) is 103 cm³/mol. The minimum atomic E-state index is -3.00. The fourth-order valence-corrected chi connectivity index (χ4v) is 4.65. The predicted octanol–water partition coefficient (Wildman–Crippen LogP) is 1.41. The highest BCUT2D eigenvalue weighted by atomic mass is 79.9. The molecule has 4 rings (SSSR count). The molecule has 0 bridgehead atoms. The van der Waals surface area contributed by atoms with Crippen LogP contribution in [0.15, 0.2) is 33.7 Å². The highest BCUT2D eigenvalue weighted by Gasteiger charge is 2.24.